The number of carbonyl (C=O) groups is 1. The molecule has 88 valence electrons. The average molecular weight is 223 g/mol. The van der Waals surface area contributed by atoms with Crippen molar-refractivity contribution in [2.75, 3.05) is 0 Å². The molecule has 2 rings (SSSR count). The Labute approximate surface area is 94.4 Å². The molecule has 0 aromatic carbocycles. The summed E-state index contributed by atoms with van der Waals surface area (Å²) in [6.45, 7) is 3.97. The monoisotopic (exact) mass is 223 g/mol. The van der Waals surface area contributed by atoms with Crippen LogP contribution in [0.3, 0.4) is 0 Å². The van der Waals surface area contributed by atoms with Crippen LogP contribution in [-0.4, -0.2) is 16.9 Å². The van der Waals surface area contributed by atoms with Crippen molar-refractivity contribution in [2.24, 2.45) is 11.7 Å². The molecule has 0 radical (unpaired) electrons. The first-order valence-corrected chi connectivity index (χ1v) is 5.60. The van der Waals surface area contributed by atoms with E-state index in [0.717, 1.165) is 12.8 Å². The van der Waals surface area contributed by atoms with E-state index in [0.29, 0.717) is 17.6 Å². The number of nitrogens with two attached hydrogens (primary N) is 1. The van der Waals surface area contributed by atoms with E-state index in [1.807, 2.05) is 13.8 Å². The molecule has 0 saturated heterocycles. The lowest BCUT2D eigenvalue weighted by Gasteiger charge is -2.10. The molecule has 1 heterocycles. The highest BCUT2D eigenvalue weighted by Crippen LogP contribution is 2.20. The molecule has 1 aromatic heterocycles. The van der Waals surface area contributed by atoms with Crippen molar-refractivity contribution in [1.29, 1.82) is 0 Å². The first-order valence-electron chi connectivity index (χ1n) is 5.60. The lowest BCUT2D eigenvalue weighted by molar-refractivity contribution is 0.0946. The third-order valence-electron chi connectivity index (χ3n) is 2.67. The van der Waals surface area contributed by atoms with Gasteiger partial charge in [-0.25, -0.2) is 4.98 Å². The van der Waals surface area contributed by atoms with Crippen LogP contribution in [0.2, 0.25) is 0 Å². The third kappa shape index (κ3) is 2.41. The van der Waals surface area contributed by atoms with Crippen molar-refractivity contribution >= 4 is 5.91 Å². The standard InChI is InChI=1S/C11H17N3O2/c1-6(2)9(12)11-14-8(5-16-11)10(15)13-7-3-4-7/h5-7,9H,3-4,12H2,1-2H3,(H,13,15). The normalized spacial score (nSPS) is 17.5. The molecule has 1 aliphatic carbocycles. The van der Waals surface area contributed by atoms with Crippen LogP contribution in [0.1, 0.15) is 49.1 Å². The SMILES string of the molecule is CC(C)C(N)c1nc(C(=O)NC2CC2)co1. The second kappa shape index (κ2) is 4.25. The summed E-state index contributed by atoms with van der Waals surface area (Å²) in [5, 5.41) is 2.85. The van der Waals surface area contributed by atoms with Crippen molar-refractivity contribution in [2.45, 2.75) is 38.8 Å². The Hall–Kier alpha value is -1.36. The minimum atomic E-state index is -0.262. The van der Waals surface area contributed by atoms with Crippen LogP contribution in [0, 0.1) is 5.92 Å². The van der Waals surface area contributed by atoms with Gasteiger partial charge in [-0.3, -0.25) is 4.79 Å². The second-order valence-electron chi connectivity index (χ2n) is 4.59. The largest absolute Gasteiger partial charge is 0.446 e. The predicted molar refractivity (Wildman–Crippen MR) is 58.8 cm³/mol. The van der Waals surface area contributed by atoms with Crippen molar-refractivity contribution in [1.82, 2.24) is 10.3 Å². The van der Waals surface area contributed by atoms with E-state index < -0.39 is 0 Å². The van der Waals surface area contributed by atoms with Crippen LogP contribution in [0.4, 0.5) is 0 Å². The second-order valence-corrected chi connectivity index (χ2v) is 4.59. The van der Waals surface area contributed by atoms with E-state index in [4.69, 9.17) is 10.2 Å². The molecular weight excluding hydrogens is 206 g/mol. The molecule has 1 unspecified atom stereocenters. The van der Waals surface area contributed by atoms with Gasteiger partial charge in [-0.2, -0.15) is 0 Å². The number of amides is 1. The number of carbonyl (C=O) groups excluding carboxylic acids is 1. The van der Waals surface area contributed by atoms with Crippen LogP contribution in [0.15, 0.2) is 10.7 Å². The summed E-state index contributed by atoms with van der Waals surface area (Å²) in [5.41, 5.74) is 6.19. The molecule has 0 spiro atoms. The Balaban J connectivity index is 2.03. The zero-order chi connectivity index (χ0) is 11.7. The number of aromatic nitrogens is 1. The molecule has 1 aromatic rings. The molecule has 1 atom stereocenters. The van der Waals surface area contributed by atoms with Gasteiger partial charge in [0.1, 0.15) is 6.26 Å². The summed E-state index contributed by atoms with van der Waals surface area (Å²) < 4.78 is 5.21. The van der Waals surface area contributed by atoms with Gasteiger partial charge in [-0.15, -0.1) is 0 Å². The molecule has 1 fully saturated rings. The average Bonchev–Trinajstić information content (AvgIpc) is 2.92. The molecule has 1 saturated carbocycles. The van der Waals surface area contributed by atoms with E-state index >= 15 is 0 Å². The van der Waals surface area contributed by atoms with Crippen LogP contribution in [0.25, 0.3) is 0 Å². The Bertz CT molecular complexity index is 382. The highest BCUT2D eigenvalue weighted by Gasteiger charge is 2.26. The zero-order valence-electron chi connectivity index (χ0n) is 9.56. The smallest absolute Gasteiger partial charge is 0.273 e. The van der Waals surface area contributed by atoms with Gasteiger partial charge in [0.15, 0.2) is 5.69 Å². The van der Waals surface area contributed by atoms with Crippen LogP contribution < -0.4 is 11.1 Å². The number of rotatable bonds is 4. The Morgan fingerprint density at radius 1 is 1.62 bits per heavy atom. The van der Waals surface area contributed by atoms with Gasteiger partial charge >= 0.3 is 0 Å². The highest BCUT2D eigenvalue weighted by molar-refractivity contribution is 5.92. The molecule has 0 aliphatic heterocycles. The fourth-order valence-corrected chi connectivity index (χ4v) is 1.32. The number of hydrogen-bond acceptors (Lipinski definition) is 4. The quantitative estimate of drug-likeness (QED) is 0.804. The Morgan fingerprint density at radius 2 is 2.31 bits per heavy atom. The Morgan fingerprint density at radius 3 is 2.88 bits per heavy atom. The first-order chi connectivity index (χ1) is 7.58. The molecule has 16 heavy (non-hydrogen) atoms. The van der Waals surface area contributed by atoms with Gasteiger partial charge in [-0.05, 0) is 18.8 Å². The molecule has 3 N–H and O–H groups in total. The third-order valence-corrected chi connectivity index (χ3v) is 2.67. The lowest BCUT2D eigenvalue weighted by Crippen LogP contribution is -2.26. The first kappa shape index (κ1) is 11.1. The zero-order valence-corrected chi connectivity index (χ0v) is 9.56. The van der Waals surface area contributed by atoms with Crippen molar-refractivity contribution in [3.8, 4) is 0 Å². The number of oxazole rings is 1. The van der Waals surface area contributed by atoms with Crippen LogP contribution in [0.5, 0.6) is 0 Å². The number of nitrogens with one attached hydrogen (secondary N) is 1. The molecule has 5 nitrogen and oxygen atoms in total. The van der Waals surface area contributed by atoms with E-state index in [2.05, 4.69) is 10.3 Å². The number of nitrogens with zero attached hydrogens (tertiary/aromatic N) is 1. The molecule has 5 heteroatoms. The molecular formula is C11H17N3O2. The van der Waals surface area contributed by atoms with Gasteiger partial charge in [0.2, 0.25) is 5.89 Å². The van der Waals surface area contributed by atoms with Gasteiger partial charge < -0.3 is 15.5 Å². The van der Waals surface area contributed by atoms with Gasteiger partial charge in [0.25, 0.3) is 5.91 Å². The van der Waals surface area contributed by atoms with Gasteiger partial charge in [-0.1, -0.05) is 13.8 Å². The van der Waals surface area contributed by atoms with E-state index in [1.165, 1.54) is 6.26 Å². The summed E-state index contributed by atoms with van der Waals surface area (Å²) >= 11 is 0. The maximum absolute atomic E-state index is 11.6. The highest BCUT2D eigenvalue weighted by atomic mass is 16.3. The van der Waals surface area contributed by atoms with Crippen molar-refractivity contribution in [3.05, 3.63) is 17.8 Å². The van der Waals surface area contributed by atoms with Crippen molar-refractivity contribution < 1.29 is 9.21 Å². The molecule has 0 bridgehead atoms. The fourth-order valence-electron chi connectivity index (χ4n) is 1.32. The van der Waals surface area contributed by atoms with Gasteiger partial charge in [0.05, 0.1) is 6.04 Å². The summed E-state index contributed by atoms with van der Waals surface area (Å²) in [6, 6.07) is 0.0638. The minimum Gasteiger partial charge on any atom is -0.446 e. The summed E-state index contributed by atoms with van der Waals surface area (Å²) in [5.74, 6) is 0.488. The summed E-state index contributed by atoms with van der Waals surface area (Å²) in [7, 11) is 0. The summed E-state index contributed by atoms with van der Waals surface area (Å²) in [6.07, 6.45) is 3.49. The van der Waals surface area contributed by atoms with E-state index in [9.17, 15) is 4.79 Å². The van der Waals surface area contributed by atoms with Crippen LogP contribution in [-0.2, 0) is 0 Å². The Kier molecular flexibility index (Phi) is 2.96. The topological polar surface area (TPSA) is 81.1 Å². The number of hydrogen-bond donors (Lipinski definition) is 2. The lowest BCUT2D eigenvalue weighted by atomic mass is 10.1. The maximum Gasteiger partial charge on any atom is 0.273 e. The summed E-state index contributed by atoms with van der Waals surface area (Å²) in [4.78, 5) is 15.7. The van der Waals surface area contributed by atoms with Crippen molar-refractivity contribution in [3.63, 3.8) is 0 Å². The molecule has 1 aliphatic rings. The predicted octanol–water partition coefficient (Wildman–Crippen LogP) is 1.22. The maximum atomic E-state index is 11.6. The van der Waals surface area contributed by atoms with Gasteiger partial charge in [0, 0.05) is 6.04 Å². The fraction of sp³-hybridized carbons (Fsp3) is 0.636. The van der Waals surface area contributed by atoms with E-state index in [-0.39, 0.29) is 17.9 Å². The van der Waals surface area contributed by atoms with Crippen LogP contribution >= 0.6 is 0 Å². The minimum absolute atomic E-state index is 0.173. The molecule has 1 amide bonds. The van der Waals surface area contributed by atoms with E-state index in [1.54, 1.807) is 0 Å².